The highest BCUT2D eigenvalue weighted by Crippen LogP contribution is 2.16. The number of nitrogens with one attached hydrogen (secondary N) is 2. The predicted molar refractivity (Wildman–Crippen MR) is 59.1 cm³/mol. The Morgan fingerprint density at radius 3 is 3.00 bits per heavy atom. The highest BCUT2D eigenvalue weighted by molar-refractivity contribution is 5.87. The van der Waals surface area contributed by atoms with E-state index in [1.165, 1.54) is 6.21 Å². The Hall–Kier alpha value is -1.55. The lowest BCUT2D eigenvalue weighted by Gasteiger charge is -2.09. The summed E-state index contributed by atoms with van der Waals surface area (Å²) in [6, 6.07) is 5.44. The summed E-state index contributed by atoms with van der Waals surface area (Å²) in [4.78, 5) is 0. The van der Waals surface area contributed by atoms with Gasteiger partial charge in [-0.2, -0.15) is 0 Å². The van der Waals surface area contributed by atoms with E-state index < -0.39 is 0 Å². The maximum absolute atomic E-state index is 7.21. The normalized spacial score (nSPS) is 9.79. The number of nitrogens with two attached hydrogens (primary N) is 1. The molecule has 4 heteroatoms. The number of nitrogen functional groups attached to an aromatic ring is 1. The van der Waals surface area contributed by atoms with Crippen molar-refractivity contribution in [2.45, 2.75) is 0 Å². The summed E-state index contributed by atoms with van der Waals surface area (Å²) in [7, 11) is 1.65. The van der Waals surface area contributed by atoms with Crippen molar-refractivity contribution in [3.05, 3.63) is 23.8 Å². The van der Waals surface area contributed by atoms with Crippen LogP contribution in [0, 0.1) is 5.41 Å². The van der Waals surface area contributed by atoms with E-state index in [0.29, 0.717) is 12.3 Å². The van der Waals surface area contributed by atoms with Crippen molar-refractivity contribution in [3.8, 4) is 0 Å². The molecule has 4 N–H and O–H groups in total. The number of hydrogen-bond acceptors (Lipinski definition) is 4. The minimum Gasteiger partial charge on any atom is -0.399 e. The standard InChI is InChI=1S/C10H15N3O/c1-14-5-4-13-10-3-2-9(12)6-8(10)7-11/h2-3,6-7,11,13H,4-5,12H2,1H3. The Bertz CT molecular complexity index is 312. The summed E-state index contributed by atoms with van der Waals surface area (Å²) in [6.07, 6.45) is 1.28. The van der Waals surface area contributed by atoms with E-state index in [2.05, 4.69) is 5.32 Å². The summed E-state index contributed by atoms with van der Waals surface area (Å²) >= 11 is 0. The van der Waals surface area contributed by atoms with Crippen molar-refractivity contribution in [3.63, 3.8) is 0 Å². The number of benzene rings is 1. The van der Waals surface area contributed by atoms with Gasteiger partial charge < -0.3 is 21.2 Å². The third-order valence-electron chi connectivity index (χ3n) is 1.85. The summed E-state index contributed by atoms with van der Waals surface area (Å²) < 4.78 is 4.92. The molecule has 0 aliphatic heterocycles. The molecule has 1 aromatic rings. The SMILES string of the molecule is COCCNc1ccc(N)cc1C=N. The molecular formula is C10H15N3O. The van der Waals surface area contributed by atoms with Crippen LogP contribution in [0.2, 0.25) is 0 Å². The van der Waals surface area contributed by atoms with Crippen LogP contribution in [0.15, 0.2) is 18.2 Å². The van der Waals surface area contributed by atoms with Gasteiger partial charge in [0.25, 0.3) is 0 Å². The topological polar surface area (TPSA) is 71.1 Å². The second-order valence-corrected chi connectivity index (χ2v) is 2.91. The van der Waals surface area contributed by atoms with E-state index in [-0.39, 0.29) is 0 Å². The summed E-state index contributed by atoms with van der Waals surface area (Å²) in [6.45, 7) is 1.36. The summed E-state index contributed by atoms with van der Waals surface area (Å²) in [5.74, 6) is 0. The lowest BCUT2D eigenvalue weighted by atomic mass is 10.1. The highest BCUT2D eigenvalue weighted by Gasteiger charge is 1.99. The van der Waals surface area contributed by atoms with Crippen LogP contribution in [0.4, 0.5) is 11.4 Å². The molecule has 0 bridgehead atoms. The molecule has 0 heterocycles. The second-order valence-electron chi connectivity index (χ2n) is 2.91. The molecule has 0 spiro atoms. The number of anilines is 2. The molecule has 0 aliphatic rings. The van der Waals surface area contributed by atoms with Crippen LogP contribution in [0.25, 0.3) is 0 Å². The Kier molecular flexibility index (Phi) is 3.94. The van der Waals surface area contributed by atoms with E-state index in [9.17, 15) is 0 Å². The van der Waals surface area contributed by atoms with Crippen molar-refractivity contribution in [2.75, 3.05) is 31.3 Å². The van der Waals surface area contributed by atoms with Gasteiger partial charge in [-0.25, -0.2) is 0 Å². The van der Waals surface area contributed by atoms with Gasteiger partial charge in [-0.3, -0.25) is 0 Å². The Morgan fingerprint density at radius 2 is 2.36 bits per heavy atom. The average molecular weight is 193 g/mol. The quantitative estimate of drug-likeness (QED) is 0.375. The zero-order chi connectivity index (χ0) is 10.4. The van der Waals surface area contributed by atoms with Gasteiger partial charge in [0.2, 0.25) is 0 Å². The zero-order valence-corrected chi connectivity index (χ0v) is 8.21. The molecule has 0 unspecified atom stereocenters. The van der Waals surface area contributed by atoms with Crippen LogP contribution in [0.3, 0.4) is 0 Å². The fourth-order valence-electron chi connectivity index (χ4n) is 1.15. The van der Waals surface area contributed by atoms with Crippen molar-refractivity contribution in [1.29, 1.82) is 5.41 Å². The van der Waals surface area contributed by atoms with E-state index in [4.69, 9.17) is 15.9 Å². The monoisotopic (exact) mass is 193 g/mol. The number of methoxy groups -OCH3 is 1. The molecule has 0 atom stereocenters. The van der Waals surface area contributed by atoms with Crippen LogP contribution in [0.5, 0.6) is 0 Å². The molecule has 14 heavy (non-hydrogen) atoms. The average Bonchev–Trinajstić information content (AvgIpc) is 2.20. The molecule has 0 saturated carbocycles. The number of ether oxygens (including phenoxy) is 1. The molecule has 0 aromatic heterocycles. The van der Waals surface area contributed by atoms with E-state index in [1.54, 1.807) is 13.2 Å². The molecule has 1 aromatic carbocycles. The van der Waals surface area contributed by atoms with Crippen LogP contribution in [-0.2, 0) is 4.74 Å². The Morgan fingerprint density at radius 1 is 1.57 bits per heavy atom. The van der Waals surface area contributed by atoms with E-state index in [1.807, 2.05) is 12.1 Å². The van der Waals surface area contributed by atoms with Gasteiger partial charge in [0.1, 0.15) is 0 Å². The van der Waals surface area contributed by atoms with Gasteiger partial charge >= 0.3 is 0 Å². The maximum Gasteiger partial charge on any atom is 0.0635 e. The second kappa shape index (κ2) is 5.24. The van der Waals surface area contributed by atoms with Crippen LogP contribution in [-0.4, -0.2) is 26.5 Å². The fourth-order valence-corrected chi connectivity index (χ4v) is 1.15. The summed E-state index contributed by atoms with van der Waals surface area (Å²) in [5, 5.41) is 10.4. The van der Waals surface area contributed by atoms with Crippen LogP contribution >= 0.6 is 0 Å². The first-order chi connectivity index (χ1) is 6.77. The van der Waals surface area contributed by atoms with Crippen LogP contribution in [0.1, 0.15) is 5.56 Å². The Balaban J connectivity index is 2.70. The molecule has 0 fully saturated rings. The minimum atomic E-state index is 0.641. The molecule has 0 aliphatic carbocycles. The van der Waals surface area contributed by atoms with Gasteiger partial charge in [0.15, 0.2) is 0 Å². The molecule has 0 radical (unpaired) electrons. The summed E-state index contributed by atoms with van der Waals surface area (Å²) in [5.41, 5.74) is 7.97. The fraction of sp³-hybridized carbons (Fsp3) is 0.300. The molecule has 4 nitrogen and oxygen atoms in total. The first kappa shape index (κ1) is 10.5. The molecule has 1 rings (SSSR count). The largest absolute Gasteiger partial charge is 0.399 e. The molecule has 76 valence electrons. The van der Waals surface area contributed by atoms with Crippen LogP contribution < -0.4 is 11.1 Å². The third kappa shape index (κ3) is 2.74. The number of hydrogen-bond donors (Lipinski definition) is 3. The van der Waals surface area contributed by atoms with Gasteiger partial charge in [-0.15, -0.1) is 0 Å². The van der Waals surface area contributed by atoms with Crippen molar-refractivity contribution < 1.29 is 4.74 Å². The van der Waals surface area contributed by atoms with Gasteiger partial charge in [0.05, 0.1) is 6.61 Å². The van der Waals surface area contributed by atoms with Crippen molar-refractivity contribution in [2.24, 2.45) is 0 Å². The van der Waals surface area contributed by atoms with Gasteiger partial charge in [-0.05, 0) is 18.2 Å². The van der Waals surface area contributed by atoms with Crippen molar-refractivity contribution in [1.82, 2.24) is 0 Å². The van der Waals surface area contributed by atoms with Gasteiger partial charge in [-0.1, -0.05) is 0 Å². The maximum atomic E-state index is 7.21. The molecular weight excluding hydrogens is 178 g/mol. The first-order valence-corrected chi connectivity index (χ1v) is 4.40. The molecule has 0 amide bonds. The smallest absolute Gasteiger partial charge is 0.0635 e. The first-order valence-electron chi connectivity index (χ1n) is 4.40. The van der Waals surface area contributed by atoms with Gasteiger partial charge in [0, 0.05) is 36.8 Å². The van der Waals surface area contributed by atoms with E-state index in [0.717, 1.165) is 17.8 Å². The lowest BCUT2D eigenvalue weighted by Crippen LogP contribution is -2.09. The highest BCUT2D eigenvalue weighted by atomic mass is 16.5. The van der Waals surface area contributed by atoms with E-state index >= 15 is 0 Å². The predicted octanol–water partition coefficient (Wildman–Crippen LogP) is 1.32. The lowest BCUT2D eigenvalue weighted by molar-refractivity contribution is 0.211. The number of rotatable bonds is 5. The minimum absolute atomic E-state index is 0.641. The zero-order valence-electron chi connectivity index (χ0n) is 8.21. The molecule has 0 saturated heterocycles. The van der Waals surface area contributed by atoms with Crippen molar-refractivity contribution >= 4 is 17.6 Å². The third-order valence-corrected chi connectivity index (χ3v) is 1.85. The Labute approximate surface area is 83.6 Å².